The first-order chi connectivity index (χ1) is 16.4. The maximum absolute atomic E-state index is 13.1. The Morgan fingerprint density at radius 3 is 2.62 bits per heavy atom. The van der Waals surface area contributed by atoms with E-state index >= 15 is 0 Å². The lowest BCUT2D eigenvalue weighted by Crippen LogP contribution is -2.61. The van der Waals surface area contributed by atoms with Gasteiger partial charge in [0.25, 0.3) is 4.92 Å². The summed E-state index contributed by atoms with van der Waals surface area (Å²) in [6.45, 7) is 1.29. The van der Waals surface area contributed by atoms with Crippen LogP contribution in [0.15, 0.2) is 41.8 Å². The lowest BCUT2D eigenvalue weighted by atomic mass is 10.1. The quantitative estimate of drug-likeness (QED) is 0.437. The molecule has 10 nitrogen and oxygen atoms in total. The van der Waals surface area contributed by atoms with E-state index in [-0.39, 0.29) is 41.3 Å². The van der Waals surface area contributed by atoms with Crippen LogP contribution >= 0.6 is 11.3 Å². The molecular formula is C23H29N4O6S+. The fourth-order valence-electron chi connectivity index (χ4n) is 3.79. The summed E-state index contributed by atoms with van der Waals surface area (Å²) in [5.41, 5.74) is 0.993. The van der Waals surface area contributed by atoms with Gasteiger partial charge >= 0.3 is 5.69 Å². The van der Waals surface area contributed by atoms with Crippen LogP contribution in [0.5, 0.6) is 0 Å². The summed E-state index contributed by atoms with van der Waals surface area (Å²) in [5, 5.41) is 13.7. The van der Waals surface area contributed by atoms with Gasteiger partial charge in [0.15, 0.2) is 0 Å². The van der Waals surface area contributed by atoms with E-state index in [2.05, 4.69) is 5.32 Å². The molecule has 0 bridgehead atoms. The zero-order valence-corrected chi connectivity index (χ0v) is 19.8. The number of benzene rings is 1. The molecule has 1 unspecified atom stereocenters. The van der Waals surface area contributed by atoms with Gasteiger partial charge in [0.2, 0.25) is 17.7 Å². The molecule has 1 aromatic carbocycles. The number of methoxy groups -OCH3 is 1. The number of hydrogen-bond donors (Lipinski definition) is 2. The molecule has 1 aromatic heterocycles. The number of carbonyl (C=O) groups excluding carboxylic acids is 3. The smallest absolute Gasteiger partial charge is 0.316 e. The minimum Gasteiger partial charge on any atom is -0.383 e. The SMILES string of the molecule is COCCN1CC(=O)N(CCc2cccs2)C(CC(=O)NCCc2ccc([N+](=O)O)cc2)C1=O. The van der Waals surface area contributed by atoms with E-state index in [4.69, 9.17) is 9.94 Å². The largest absolute Gasteiger partial charge is 0.383 e. The molecule has 3 amide bonds. The maximum atomic E-state index is 13.1. The van der Waals surface area contributed by atoms with E-state index in [1.54, 1.807) is 23.5 Å². The minimum atomic E-state index is -0.857. The Morgan fingerprint density at radius 2 is 1.97 bits per heavy atom. The predicted molar refractivity (Wildman–Crippen MR) is 125 cm³/mol. The second-order valence-corrected chi connectivity index (χ2v) is 8.96. The van der Waals surface area contributed by atoms with Crippen molar-refractivity contribution in [3.8, 4) is 0 Å². The average Bonchev–Trinajstić information content (AvgIpc) is 3.34. The minimum absolute atomic E-state index is 0.0185. The summed E-state index contributed by atoms with van der Waals surface area (Å²) in [6, 6.07) is 9.40. The molecule has 2 aromatic rings. The second kappa shape index (κ2) is 12.2. The highest BCUT2D eigenvalue weighted by Gasteiger charge is 2.40. The van der Waals surface area contributed by atoms with Crippen LogP contribution in [-0.4, -0.2) is 83.6 Å². The number of carbonyl (C=O) groups is 3. The normalized spacial score (nSPS) is 16.1. The molecule has 1 aliphatic heterocycles. The molecule has 2 N–H and O–H groups in total. The van der Waals surface area contributed by atoms with Crippen molar-refractivity contribution in [2.75, 3.05) is 39.9 Å². The molecule has 1 fully saturated rings. The Labute approximate surface area is 201 Å². The van der Waals surface area contributed by atoms with Crippen molar-refractivity contribution in [1.82, 2.24) is 15.1 Å². The molecule has 11 heteroatoms. The maximum Gasteiger partial charge on any atom is 0.316 e. The molecule has 3 rings (SSSR count). The molecule has 2 heterocycles. The van der Waals surface area contributed by atoms with Gasteiger partial charge in [-0.2, -0.15) is 0 Å². The van der Waals surface area contributed by atoms with Crippen molar-refractivity contribution in [2.24, 2.45) is 0 Å². The monoisotopic (exact) mass is 489 g/mol. The van der Waals surface area contributed by atoms with Crippen molar-refractivity contribution in [2.45, 2.75) is 25.3 Å². The lowest BCUT2D eigenvalue weighted by molar-refractivity contribution is -0.729. The third-order valence-corrected chi connectivity index (χ3v) is 6.57. The second-order valence-electron chi connectivity index (χ2n) is 7.93. The highest BCUT2D eigenvalue weighted by molar-refractivity contribution is 7.09. The van der Waals surface area contributed by atoms with E-state index < -0.39 is 6.04 Å². The Kier molecular flexibility index (Phi) is 9.11. The van der Waals surface area contributed by atoms with Crippen LogP contribution in [0.3, 0.4) is 0 Å². The molecular weight excluding hydrogens is 460 g/mol. The summed E-state index contributed by atoms with van der Waals surface area (Å²) in [7, 11) is 1.53. The molecule has 34 heavy (non-hydrogen) atoms. The van der Waals surface area contributed by atoms with Crippen LogP contribution in [0.4, 0.5) is 5.69 Å². The van der Waals surface area contributed by atoms with E-state index in [1.165, 1.54) is 29.0 Å². The number of piperazine rings is 1. The zero-order chi connectivity index (χ0) is 24.5. The fraction of sp³-hybridized carbons (Fsp3) is 0.435. The summed E-state index contributed by atoms with van der Waals surface area (Å²) < 4.78 is 5.05. The number of rotatable bonds is 12. The van der Waals surface area contributed by atoms with Gasteiger partial charge in [-0.25, -0.2) is 5.21 Å². The van der Waals surface area contributed by atoms with Crippen LogP contribution in [0.2, 0.25) is 0 Å². The van der Waals surface area contributed by atoms with Crippen LogP contribution in [0, 0.1) is 4.91 Å². The first kappa shape index (κ1) is 25.3. The third-order valence-electron chi connectivity index (χ3n) is 5.64. The van der Waals surface area contributed by atoms with Crippen molar-refractivity contribution in [1.29, 1.82) is 0 Å². The third kappa shape index (κ3) is 6.84. The Balaban J connectivity index is 1.59. The standard InChI is InChI=1S/C23H28N4O6S/c1-33-13-12-25-16-22(29)26(11-9-19-3-2-14-34-19)20(23(25)30)15-21(28)24-10-8-17-4-6-18(7-5-17)27(31)32/h2-7,14,20H,8-13,15-16H2,1H3,(H-,24,28,31,32)/p+1. The van der Waals surface area contributed by atoms with Crippen LogP contribution in [-0.2, 0) is 32.0 Å². The molecule has 1 saturated heterocycles. The predicted octanol–water partition coefficient (Wildman–Crippen LogP) is 1.52. The van der Waals surface area contributed by atoms with Crippen molar-refractivity contribution < 1.29 is 29.3 Å². The van der Waals surface area contributed by atoms with E-state index in [0.717, 1.165) is 10.4 Å². The molecule has 1 atom stereocenters. The molecule has 0 saturated carbocycles. The topological polar surface area (TPSA) is 119 Å². The molecule has 182 valence electrons. The number of hydrogen-bond acceptors (Lipinski definition) is 6. The average molecular weight is 490 g/mol. The summed E-state index contributed by atoms with van der Waals surface area (Å²) in [6.07, 6.45) is 1.01. The van der Waals surface area contributed by atoms with Gasteiger partial charge < -0.3 is 19.9 Å². The number of nitrogens with one attached hydrogen (secondary N) is 1. The summed E-state index contributed by atoms with van der Waals surface area (Å²) in [5.74, 6) is -0.750. The van der Waals surface area contributed by atoms with Crippen molar-refractivity contribution in [3.05, 3.63) is 57.1 Å². The van der Waals surface area contributed by atoms with Gasteiger partial charge in [0.05, 0.1) is 24.5 Å². The zero-order valence-electron chi connectivity index (χ0n) is 19.0. The van der Waals surface area contributed by atoms with E-state index in [0.29, 0.717) is 39.1 Å². The van der Waals surface area contributed by atoms with Crippen LogP contribution in [0.1, 0.15) is 16.9 Å². The first-order valence-electron chi connectivity index (χ1n) is 11.0. The van der Waals surface area contributed by atoms with Crippen molar-refractivity contribution >= 4 is 34.7 Å². The van der Waals surface area contributed by atoms with Gasteiger partial charge in [-0.3, -0.25) is 14.4 Å². The van der Waals surface area contributed by atoms with Gasteiger partial charge in [-0.05, 0) is 29.9 Å². The first-order valence-corrected chi connectivity index (χ1v) is 11.9. The van der Waals surface area contributed by atoms with Gasteiger partial charge in [0, 0.05) is 43.8 Å². The number of ether oxygens (including phenoxy) is 1. The van der Waals surface area contributed by atoms with E-state index in [9.17, 15) is 19.3 Å². The molecule has 0 aliphatic carbocycles. The lowest BCUT2D eigenvalue weighted by Gasteiger charge is -2.40. The Hall–Kier alpha value is -3.31. The van der Waals surface area contributed by atoms with Gasteiger partial charge in [-0.15, -0.1) is 11.3 Å². The number of amides is 3. The number of nitrogens with zero attached hydrogens (tertiary/aromatic N) is 3. The summed E-state index contributed by atoms with van der Waals surface area (Å²) in [4.78, 5) is 53.4. The molecule has 0 radical (unpaired) electrons. The van der Waals surface area contributed by atoms with Crippen LogP contribution < -0.4 is 5.32 Å². The Bertz CT molecular complexity index is 995. The molecule has 0 spiro atoms. The van der Waals surface area contributed by atoms with Crippen LogP contribution in [0.25, 0.3) is 0 Å². The molecule has 1 aliphatic rings. The van der Waals surface area contributed by atoms with E-state index in [1.807, 2.05) is 17.5 Å². The fourth-order valence-corrected chi connectivity index (χ4v) is 4.49. The highest BCUT2D eigenvalue weighted by Crippen LogP contribution is 2.18. The highest BCUT2D eigenvalue weighted by atomic mass is 32.1. The van der Waals surface area contributed by atoms with Crippen molar-refractivity contribution in [3.63, 3.8) is 0 Å². The van der Waals surface area contributed by atoms with Gasteiger partial charge in [-0.1, -0.05) is 18.2 Å². The summed E-state index contributed by atoms with van der Waals surface area (Å²) >= 11 is 1.59. The van der Waals surface area contributed by atoms with Gasteiger partial charge in [0.1, 0.15) is 6.04 Å². The Morgan fingerprint density at radius 1 is 1.21 bits per heavy atom. The number of thiophene rings is 1.